The first-order chi connectivity index (χ1) is 20.9. The number of urea groups is 1. The van der Waals surface area contributed by atoms with Gasteiger partial charge in [-0.3, -0.25) is 9.69 Å². The van der Waals surface area contributed by atoms with Gasteiger partial charge < -0.3 is 15.1 Å². The summed E-state index contributed by atoms with van der Waals surface area (Å²) < 4.78 is 0. The maximum atomic E-state index is 13.5. The quantitative estimate of drug-likeness (QED) is 0.208. The van der Waals surface area contributed by atoms with Crippen molar-refractivity contribution in [2.45, 2.75) is 25.4 Å². The Balaban J connectivity index is 1.24. The third-order valence-corrected chi connectivity index (χ3v) is 8.75. The Hall–Kier alpha value is -3.84. The summed E-state index contributed by atoms with van der Waals surface area (Å²) >= 11 is 12.2. The fraction of sp³-hybridized carbons (Fsp3) is 0.257. The van der Waals surface area contributed by atoms with E-state index in [1.54, 1.807) is 23.1 Å². The predicted molar refractivity (Wildman–Crippen MR) is 175 cm³/mol. The monoisotopic (exact) mass is 614 g/mol. The Morgan fingerprint density at radius 2 is 1.28 bits per heavy atom. The zero-order chi connectivity index (χ0) is 30.2. The molecule has 4 aromatic rings. The zero-order valence-electron chi connectivity index (χ0n) is 24.2. The molecule has 6 nitrogen and oxygen atoms in total. The molecule has 1 atom stereocenters. The number of halogens is 2. The summed E-state index contributed by atoms with van der Waals surface area (Å²) in [4.78, 5) is 33.0. The van der Waals surface area contributed by atoms with E-state index in [9.17, 15) is 9.59 Å². The number of benzene rings is 4. The van der Waals surface area contributed by atoms with Crippen molar-refractivity contribution in [3.8, 4) is 0 Å². The van der Waals surface area contributed by atoms with Gasteiger partial charge in [-0.15, -0.1) is 0 Å². The molecule has 0 aromatic heterocycles. The van der Waals surface area contributed by atoms with Crippen LogP contribution in [0.25, 0.3) is 0 Å². The number of hydrogen-bond acceptors (Lipinski definition) is 3. The molecule has 43 heavy (non-hydrogen) atoms. The molecule has 1 saturated heterocycles. The van der Waals surface area contributed by atoms with E-state index >= 15 is 0 Å². The first-order valence-electron chi connectivity index (χ1n) is 14.6. The molecule has 0 spiro atoms. The van der Waals surface area contributed by atoms with Crippen LogP contribution in [0.2, 0.25) is 10.0 Å². The van der Waals surface area contributed by atoms with Gasteiger partial charge in [-0.25, -0.2) is 4.79 Å². The Labute approximate surface area is 263 Å². The minimum Gasteiger partial charge on any atom is -0.340 e. The second-order valence-electron chi connectivity index (χ2n) is 10.7. The summed E-state index contributed by atoms with van der Waals surface area (Å²) in [6.45, 7) is 5.06. The number of piperazine rings is 1. The highest BCUT2D eigenvalue weighted by Crippen LogP contribution is 2.30. The van der Waals surface area contributed by atoms with Crippen molar-refractivity contribution in [3.05, 3.63) is 136 Å². The Bertz CT molecular complexity index is 1460. The Kier molecular flexibility index (Phi) is 10.4. The molecular weight excluding hydrogens is 579 g/mol. The lowest BCUT2D eigenvalue weighted by Gasteiger charge is -2.40. The van der Waals surface area contributed by atoms with E-state index in [0.29, 0.717) is 28.8 Å². The van der Waals surface area contributed by atoms with E-state index < -0.39 is 0 Å². The van der Waals surface area contributed by atoms with Gasteiger partial charge >= 0.3 is 6.03 Å². The third kappa shape index (κ3) is 7.77. The number of amides is 3. The molecule has 1 aliphatic heterocycles. The van der Waals surface area contributed by atoms with E-state index in [2.05, 4.69) is 58.7 Å². The van der Waals surface area contributed by atoms with Gasteiger partial charge in [0.2, 0.25) is 5.91 Å². The minimum absolute atomic E-state index is 0.0446. The maximum absolute atomic E-state index is 13.5. The molecule has 1 heterocycles. The third-order valence-electron chi connectivity index (χ3n) is 8.01. The molecule has 222 valence electrons. The number of rotatable bonds is 9. The molecule has 1 N–H and O–H groups in total. The van der Waals surface area contributed by atoms with Crippen molar-refractivity contribution in [3.63, 3.8) is 0 Å². The molecule has 0 saturated carbocycles. The number of nitrogens with zero attached hydrogens (tertiary/aromatic N) is 3. The van der Waals surface area contributed by atoms with Gasteiger partial charge in [0.25, 0.3) is 0 Å². The Morgan fingerprint density at radius 1 is 0.744 bits per heavy atom. The van der Waals surface area contributed by atoms with E-state index in [4.69, 9.17) is 23.2 Å². The van der Waals surface area contributed by atoms with Gasteiger partial charge in [-0.2, -0.15) is 0 Å². The van der Waals surface area contributed by atoms with E-state index in [1.165, 1.54) is 11.1 Å². The molecule has 1 aliphatic rings. The van der Waals surface area contributed by atoms with E-state index in [1.807, 2.05) is 54.3 Å². The minimum atomic E-state index is -0.305. The smallest absolute Gasteiger partial charge is 0.322 e. The molecule has 8 heteroatoms. The molecule has 0 bridgehead atoms. The molecule has 1 fully saturated rings. The lowest BCUT2D eigenvalue weighted by Crippen LogP contribution is -2.50. The van der Waals surface area contributed by atoms with Gasteiger partial charge in [0.15, 0.2) is 0 Å². The van der Waals surface area contributed by atoms with Crippen LogP contribution in [0.4, 0.5) is 10.5 Å². The van der Waals surface area contributed by atoms with Crippen LogP contribution < -0.4 is 5.32 Å². The summed E-state index contributed by atoms with van der Waals surface area (Å²) in [6.07, 6.45) is 0.229. The van der Waals surface area contributed by atoms with Gasteiger partial charge in [0.1, 0.15) is 0 Å². The summed E-state index contributed by atoms with van der Waals surface area (Å²) in [5.41, 5.74) is 4.01. The van der Waals surface area contributed by atoms with Crippen molar-refractivity contribution in [2.24, 2.45) is 0 Å². The van der Waals surface area contributed by atoms with Crippen molar-refractivity contribution >= 4 is 40.8 Å². The molecule has 0 aliphatic carbocycles. The Morgan fingerprint density at radius 3 is 1.81 bits per heavy atom. The lowest BCUT2D eigenvalue weighted by atomic mass is 9.96. The van der Waals surface area contributed by atoms with Crippen molar-refractivity contribution in [2.75, 3.05) is 38.0 Å². The average molecular weight is 616 g/mol. The van der Waals surface area contributed by atoms with Gasteiger partial charge in [-0.1, -0.05) is 114 Å². The van der Waals surface area contributed by atoms with Crippen molar-refractivity contribution in [1.29, 1.82) is 0 Å². The fourth-order valence-corrected chi connectivity index (χ4v) is 5.94. The first-order valence-corrected chi connectivity index (χ1v) is 15.4. The standard InChI is InChI=1S/C35H36Cl2N4O2/c1-26(27-11-5-2-6-12-27)41(35(43)38-30-17-18-31(36)32(37)25-30)20-19-33(42)39-21-23-40(24-22-39)34(28-13-7-3-8-14-28)29-15-9-4-10-16-29/h2-18,25-26,34H,19-24H2,1H3,(H,38,43). The topological polar surface area (TPSA) is 55.9 Å². The predicted octanol–water partition coefficient (Wildman–Crippen LogP) is 7.91. The molecule has 3 amide bonds. The van der Waals surface area contributed by atoms with Gasteiger partial charge in [-0.05, 0) is 41.8 Å². The highest BCUT2D eigenvalue weighted by Gasteiger charge is 2.29. The van der Waals surface area contributed by atoms with Crippen LogP contribution >= 0.6 is 23.2 Å². The van der Waals surface area contributed by atoms with Crippen LogP contribution in [-0.2, 0) is 4.79 Å². The second kappa shape index (κ2) is 14.6. The highest BCUT2D eigenvalue weighted by atomic mass is 35.5. The number of carbonyl (C=O) groups excluding carboxylic acids is 2. The van der Waals surface area contributed by atoms with E-state index in [-0.39, 0.29) is 37.0 Å². The maximum Gasteiger partial charge on any atom is 0.322 e. The lowest BCUT2D eigenvalue weighted by molar-refractivity contribution is -0.133. The summed E-state index contributed by atoms with van der Waals surface area (Å²) in [7, 11) is 0. The van der Waals surface area contributed by atoms with Crippen LogP contribution in [0.1, 0.15) is 42.1 Å². The molecule has 5 rings (SSSR count). The van der Waals surface area contributed by atoms with Gasteiger partial charge in [0.05, 0.1) is 22.1 Å². The SMILES string of the molecule is CC(c1ccccc1)N(CCC(=O)N1CCN(C(c2ccccc2)c2ccccc2)CC1)C(=O)Nc1ccc(Cl)c(Cl)c1. The van der Waals surface area contributed by atoms with Crippen molar-refractivity contribution < 1.29 is 9.59 Å². The summed E-state index contributed by atoms with van der Waals surface area (Å²) in [5, 5.41) is 3.70. The molecule has 4 aromatic carbocycles. The number of hydrogen-bond donors (Lipinski definition) is 1. The van der Waals surface area contributed by atoms with Gasteiger partial charge in [0, 0.05) is 44.8 Å². The number of carbonyl (C=O) groups is 2. The van der Waals surface area contributed by atoms with Crippen LogP contribution in [-0.4, -0.2) is 59.4 Å². The largest absolute Gasteiger partial charge is 0.340 e. The molecule has 1 unspecified atom stereocenters. The molecular formula is C35H36Cl2N4O2. The van der Waals surface area contributed by atoms with E-state index in [0.717, 1.165) is 18.7 Å². The fourth-order valence-electron chi connectivity index (χ4n) is 5.64. The van der Waals surface area contributed by atoms with Crippen LogP contribution in [0, 0.1) is 0 Å². The summed E-state index contributed by atoms with van der Waals surface area (Å²) in [6, 6.07) is 35.4. The zero-order valence-corrected chi connectivity index (χ0v) is 25.7. The first kappa shape index (κ1) is 30.6. The highest BCUT2D eigenvalue weighted by molar-refractivity contribution is 6.42. The second-order valence-corrected chi connectivity index (χ2v) is 11.5. The normalized spacial score (nSPS) is 14.4. The summed E-state index contributed by atoms with van der Waals surface area (Å²) in [5.74, 6) is 0.0446. The van der Waals surface area contributed by atoms with Crippen LogP contribution in [0.5, 0.6) is 0 Å². The molecule has 0 radical (unpaired) electrons. The number of nitrogens with one attached hydrogen (secondary N) is 1. The van der Waals surface area contributed by atoms with Crippen LogP contribution in [0.15, 0.2) is 109 Å². The van der Waals surface area contributed by atoms with Crippen LogP contribution in [0.3, 0.4) is 0 Å². The number of anilines is 1. The average Bonchev–Trinajstić information content (AvgIpc) is 3.04. The van der Waals surface area contributed by atoms with Crippen molar-refractivity contribution in [1.82, 2.24) is 14.7 Å².